The number of aliphatic carboxylic acids is 1. The van der Waals surface area contributed by atoms with Crippen LogP contribution < -0.4 is 4.74 Å². The smallest absolute Gasteiger partial charge is 0.326 e. The van der Waals surface area contributed by atoms with E-state index < -0.39 is 12.0 Å². The first kappa shape index (κ1) is 18.5. The van der Waals surface area contributed by atoms with Crippen molar-refractivity contribution in [2.45, 2.75) is 25.3 Å². The topological polar surface area (TPSA) is 66.8 Å². The maximum atomic E-state index is 12.4. The molecule has 0 spiro atoms. The number of hydrogen-bond acceptors (Lipinski definition) is 3. The quantitative estimate of drug-likeness (QED) is 0.802. The van der Waals surface area contributed by atoms with Crippen LogP contribution in [0.3, 0.4) is 0 Å². The largest absolute Gasteiger partial charge is 0.497 e. The van der Waals surface area contributed by atoms with Crippen molar-refractivity contribution >= 4 is 11.9 Å². The fourth-order valence-electron chi connectivity index (χ4n) is 2.66. The number of nitrogens with zero attached hydrogens (tertiary/aromatic N) is 1. The number of methoxy groups -OCH3 is 1. The fraction of sp³-hybridized carbons (Fsp3) is 0.300. The highest BCUT2D eigenvalue weighted by Gasteiger charge is 2.26. The van der Waals surface area contributed by atoms with Crippen LogP contribution in [0.2, 0.25) is 0 Å². The predicted octanol–water partition coefficient (Wildman–Crippen LogP) is 2.78. The normalized spacial score (nSPS) is 11.6. The molecule has 0 aliphatic rings. The maximum absolute atomic E-state index is 12.4. The van der Waals surface area contributed by atoms with Gasteiger partial charge in [-0.1, -0.05) is 42.5 Å². The molecule has 25 heavy (non-hydrogen) atoms. The third kappa shape index (κ3) is 5.35. The lowest BCUT2D eigenvalue weighted by molar-refractivity contribution is -0.149. The molecular formula is C20H23NO4. The van der Waals surface area contributed by atoms with E-state index in [-0.39, 0.29) is 18.7 Å². The Bertz CT molecular complexity index is 715. The molecule has 0 aliphatic heterocycles. The molecule has 1 unspecified atom stereocenters. The van der Waals surface area contributed by atoms with Crippen LogP contribution in [-0.2, 0) is 22.4 Å². The highest BCUT2D eigenvalue weighted by molar-refractivity contribution is 5.83. The molecule has 0 aliphatic carbocycles. The summed E-state index contributed by atoms with van der Waals surface area (Å²) in [7, 11) is 3.15. The number of hydrogen-bond donors (Lipinski definition) is 1. The van der Waals surface area contributed by atoms with Gasteiger partial charge in [0.25, 0.3) is 0 Å². The summed E-state index contributed by atoms with van der Waals surface area (Å²) in [6.07, 6.45) is 1.08. The summed E-state index contributed by atoms with van der Waals surface area (Å²) >= 11 is 0. The van der Waals surface area contributed by atoms with Crippen molar-refractivity contribution < 1.29 is 19.4 Å². The molecule has 5 heteroatoms. The number of amides is 1. The zero-order valence-electron chi connectivity index (χ0n) is 14.5. The lowest BCUT2D eigenvalue weighted by atomic mass is 10.0. The van der Waals surface area contributed by atoms with Gasteiger partial charge in [-0.15, -0.1) is 0 Å². The summed E-state index contributed by atoms with van der Waals surface area (Å²) in [5, 5.41) is 9.50. The summed E-state index contributed by atoms with van der Waals surface area (Å²) in [5.74, 6) is -0.446. The number of likely N-dealkylation sites (N-methyl/N-ethyl adjacent to an activating group) is 1. The summed E-state index contributed by atoms with van der Waals surface area (Å²) in [6.45, 7) is 0. The Morgan fingerprint density at radius 3 is 2.40 bits per heavy atom. The van der Waals surface area contributed by atoms with Crippen molar-refractivity contribution in [2.24, 2.45) is 0 Å². The third-order valence-electron chi connectivity index (χ3n) is 4.18. The molecule has 0 heterocycles. The Labute approximate surface area is 147 Å². The predicted molar refractivity (Wildman–Crippen MR) is 95.7 cm³/mol. The van der Waals surface area contributed by atoms with Crippen molar-refractivity contribution in [3.05, 3.63) is 65.7 Å². The Hall–Kier alpha value is -2.82. The lowest BCUT2D eigenvalue weighted by Gasteiger charge is -2.25. The van der Waals surface area contributed by atoms with E-state index in [0.717, 1.165) is 16.9 Å². The standard InChI is InChI=1S/C20H23NO4/c1-21(18(20(23)24)14-15-7-4-3-5-8-15)19(22)12-11-16-9-6-10-17(13-16)25-2/h3-10,13,18H,11-12,14H2,1-2H3,(H,23,24). The van der Waals surface area contributed by atoms with Crippen LogP contribution in [0.4, 0.5) is 0 Å². The van der Waals surface area contributed by atoms with Gasteiger partial charge in [-0.05, 0) is 29.7 Å². The summed E-state index contributed by atoms with van der Waals surface area (Å²) in [6, 6.07) is 16.0. The van der Waals surface area contributed by atoms with E-state index in [1.807, 2.05) is 54.6 Å². The van der Waals surface area contributed by atoms with Crippen molar-refractivity contribution in [2.75, 3.05) is 14.2 Å². The molecule has 2 rings (SSSR count). The zero-order valence-corrected chi connectivity index (χ0v) is 14.5. The third-order valence-corrected chi connectivity index (χ3v) is 4.18. The van der Waals surface area contributed by atoms with E-state index in [2.05, 4.69) is 0 Å². The summed E-state index contributed by atoms with van der Waals surface area (Å²) in [4.78, 5) is 25.4. The first-order valence-electron chi connectivity index (χ1n) is 8.16. The first-order chi connectivity index (χ1) is 12.0. The molecule has 2 aromatic carbocycles. The minimum absolute atomic E-state index is 0.189. The Morgan fingerprint density at radius 2 is 1.76 bits per heavy atom. The molecule has 0 saturated carbocycles. The Balaban J connectivity index is 1.99. The number of aryl methyl sites for hydroxylation is 1. The minimum Gasteiger partial charge on any atom is -0.497 e. The highest BCUT2D eigenvalue weighted by Crippen LogP contribution is 2.15. The number of carbonyl (C=O) groups excluding carboxylic acids is 1. The number of carboxylic acids is 1. The van der Waals surface area contributed by atoms with Gasteiger partial charge in [0.2, 0.25) is 5.91 Å². The van der Waals surface area contributed by atoms with Gasteiger partial charge in [0.15, 0.2) is 0 Å². The molecule has 0 aromatic heterocycles. The molecular weight excluding hydrogens is 318 g/mol. The molecule has 0 fully saturated rings. The van der Waals surface area contributed by atoms with Gasteiger partial charge < -0.3 is 14.7 Å². The van der Waals surface area contributed by atoms with Crippen LogP contribution in [0.25, 0.3) is 0 Å². The molecule has 2 aromatic rings. The van der Waals surface area contributed by atoms with E-state index in [1.165, 1.54) is 4.90 Å². The maximum Gasteiger partial charge on any atom is 0.326 e. The van der Waals surface area contributed by atoms with Gasteiger partial charge in [-0.3, -0.25) is 4.79 Å². The van der Waals surface area contributed by atoms with Crippen LogP contribution in [0, 0.1) is 0 Å². The van der Waals surface area contributed by atoms with E-state index in [1.54, 1.807) is 14.2 Å². The Kier molecular flexibility index (Phi) is 6.57. The number of carbonyl (C=O) groups is 2. The molecule has 0 radical (unpaired) electrons. The SMILES string of the molecule is COc1cccc(CCC(=O)N(C)C(Cc2ccccc2)C(=O)O)c1. The van der Waals surface area contributed by atoms with Crippen LogP contribution in [-0.4, -0.2) is 42.1 Å². The molecule has 1 amide bonds. The molecule has 132 valence electrons. The van der Waals surface area contributed by atoms with Crippen LogP contribution in [0.15, 0.2) is 54.6 Å². The van der Waals surface area contributed by atoms with Gasteiger partial charge in [-0.25, -0.2) is 4.79 Å². The number of ether oxygens (including phenoxy) is 1. The van der Waals surface area contributed by atoms with E-state index >= 15 is 0 Å². The molecule has 0 bridgehead atoms. The molecule has 1 atom stereocenters. The van der Waals surface area contributed by atoms with Gasteiger partial charge >= 0.3 is 5.97 Å². The van der Waals surface area contributed by atoms with Crippen molar-refractivity contribution in [1.29, 1.82) is 0 Å². The zero-order chi connectivity index (χ0) is 18.2. The van der Waals surface area contributed by atoms with E-state index in [9.17, 15) is 14.7 Å². The Morgan fingerprint density at radius 1 is 1.08 bits per heavy atom. The number of rotatable bonds is 8. The number of carboxylic acid groups (broad SMARTS) is 1. The minimum atomic E-state index is -0.999. The molecule has 0 saturated heterocycles. The fourth-order valence-corrected chi connectivity index (χ4v) is 2.66. The van der Waals surface area contributed by atoms with Crippen molar-refractivity contribution in [3.63, 3.8) is 0 Å². The second kappa shape index (κ2) is 8.87. The van der Waals surface area contributed by atoms with Gasteiger partial charge in [-0.2, -0.15) is 0 Å². The van der Waals surface area contributed by atoms with Crippen LogP contribution in [0.1, 0.15) is 17.5 Å². The molecule has 1 N–H and O–H groups in total. The van der Waals surface area contributed by atoms with E-state index in [4.69, 9.17) is 4.74 Å². The average Bonchev–Trinajstić information content (AvgIpc) is 2.64. The van der Waals surface area contributed by atoms with Gasteiger partial charge in [0.1, 0.15) is 11.8 Å². The van der Waals surface area contributed by atoms with Gasteiger partial charge in [0.05, 0.1) is 7.11 Å². The lowest BCUT2D eigenvalue weighted by Crippen LogP contribution is -2.43. The first-order valence-corrected chi connectivity index (χ1v) is 8.16. The summed E-state index contributed by atoms with van der Waals surface area (Å²) in [5.41, 5.74) is 1.87. The average molecular weight is 341 g/mol. The number of benzene rings is 2. The highest BCUT2D eigenvalue weighted by atomic mass is 16.5. The monoisotopic (exact) mass is 341 g/mol. The van der Waals surface area contributed by atoms with Crippen LogP contribution in [0.5, 0.6) is 5.75 Å². The van der Waals surface area contributed by atoms with Crippen molar-refractivity contribution in [1.82, 2.24) is 4.90 Å². The van der Waals surface area contributed by atoms with Crippen LogP contribution >= 0.6 is 0 Å². The molecule has 5 nitrogen and oxygen atoms in total. The second-order valence-corrected chi connectivity index (χ2v) is 5.90. The summed E-state index contributed by atoms with van der Waals surface area (Å²) < 4.78 is 5.17. The van der Waals surface area contributed by atoms with Gasteiger partial charge in [0, 0.05) is 19.9 Å². The van der Waals surface area contributed by atoms with E-state index in [0.29, 0.717) is 6.42 Å². The van der Waals surface area contributed by atoms with Crippen molar-refractivity contribution in [3.8, 4) is 5.75 Å². The second-order valence-electron chi connectivity index (χ2n) is 5.90.